The smallest absolute Gasteiger partial charge is 0.336 e. The quantitative estimate of drug-likeness (QED) is 0.533. The second-order valence-corrected chi connectivity index (χ2v) is 10.1. The maximum atomic E-state index is 13.1. The third-order valence-electron chi connectivity index (χ3n) is 5.65. The highest BCUT2D eigenvalue weighted by Gasteiger charge is 2.28. The average Bonchev–Trinajstić information content (AvgIpc) is 2.80. The molecule has 1 aromatic heterocycles. The number of sulfonamides is 1. The molecule has 0 bridgehead atoms. The van der Waals surface area contributed by atoms with Gasteiger partial charge in [-0.3, -0.25) is 4.79 Å². The third-order valence-corrected chi connectivity index (χ3v) is 7.69. The Morgan fingerprint density at radius 1 is 1.06 bits per heavy atom. The van der Waals surface area contributed by atoms with E-state index in [9.17, 15) is 18.0 Å². The molecule has 1 amide bonds. The number of hydrogen-bond donors (Lipinski definition) is 1. The van der Waals surface area contributed by atoms with E-state index in [1.807, 2.05) is 6.92 Å². The summed E-state index contributed by atoms with van der Waals surface area (Å²) in [7, 11) is -3.71. The van der Waals surface area contributed by atoms with E-state index < -0.39 is 27.7 Å². The van der Waals surface area contributed by atoms with Gasteiger partial charge in [0.1, 0.15) is 11.3 Å². The number of carbonyl (C=O) groups excluding carboxylic acids is 1. The second-order valence-electron chi connectivity index (χ2n) is 8.15. The van der Waals surface area contributed by atoms with Crippen LogP contribution in [-0.4, -0.2) is 51.0 Å². The van der Waals surface area contributed by atoms with Gasteiger partial charge in [-0.2, -0.15) is 4.31 Å². The first-order valence-corrected chi connectivity index (χ1v) is 12.3. The van der Waals surface area contributed by atoms with Crippen LogP contribution in [0.3, 0.4) is 0 Å². The monoisotopic (exact) mass is 486 g/mol. The number of carbonyl (C=O) groups is 1. The van der Waals surface area contributed by atoms with Crippen LogP contribution in [0.5, 0.6) is 5.75 Å². The predicted octanol–water partition coefficient (Wildman–Crippen LogP) is 2.84. The molecule has 1 aliphatic rings. The average molecular weight is 487 g/mol. The molecule has 0 saturated carbocycles. The molecule has 10 heteroatoms. The van der Waals surface area contributed by atoms with Crippen LogP contribution in [0.4, 0.5) is 5.69 Å². The van der Waals surface area contributed by atoms with E-state index in [1.165, 1.54) is 16.4 Å². The Hall–Kier alpha value is -3.21. The zero-order valence-electron chi connectivity index (χ0n) is 19.2. The summed E-state index contributed by atoms with van der Waals surface area (Å²) in [4.78, 5) is 24.5. The summed E-state index contributed by atoms with van der Waals surface area (Å²) in [6, 6.07) is 11.2. The van der Waals surface area contributed by atoms with E-state index in [-0.39, 0.29) is 18.0 Å². The van der Waals surface area contributed by atoms with Crippen LogP contribution in [0.1, 0.15) is 18.1 Å². The van der Waals surface area contributed by atoms with E-state index in [4.69, 9.17) is 13.9 Å². The highest BCUT2D eigenvalue weighted by atomic mass is 32.2. The molecule has 1 unspecified atom stereocenters. The van der Waals surface area contributed by atoms with Gasteiger partial charge in [-0.25, -0.2) is 13.2 Å². The van der Waals surface area contributed by atoms with Gasteiger partial charge in [-0.1, -0.05) is 6.07 Å². The summed E-state index contributed by atoms with van der Waals surface area (Å²) in [5.74, 6) is -0.0900. The Morgan fingerprint density at radius 3 is 2.53 bits per heavy atom. The van der Waals surface area contributed by atoms with Crippen molar-refractivity contribution in [2.24, 2.45) is 0 Å². The lowest BCUT2D eigenvalue weighted by Crippen LogP contribution is -2.40. The molecule has 3 aromatic rings. The molecule has 0 radical (unpaired) electrons. The van der Waals surface area contributed by atoms with Crippen molar-refractivity contribution in [3.05, 3.63) is 64.0 Å². The Kier molecular flexibility index (Phi) is 6.74. The molecule has 34 heavy (non-hydrogen) atoms. The predicted molar refractivity (Wildman–Crippen MR) is 127 cm³/mol. The zero-order valence-corrected chi connectivity index (χ0v) is 20.0. The summed E-state index contributed by atoms with van der Waals surface area (Å²) in [5, 5.41) is 3.49. The van der Waals surface area contributed by atoms with Gasteiger partial charge < -0.3 is 19.2 Å². The topological polar surface area (TPSA) is 115 Å². The molecule has 9 nitrogen and oxygen atoms in total. The first kappa shape index (κ1) is 23.9. The number of ether oxygens (including phenoxy) is 2. The van der Waals surface area contributed by atoms with Gasteiger partial charge in [0.05, 0.1) is 18.1 Å². The molecule has 4 rings (SSSR count). The van der Waals surface area contributed by atoms with Crippen molar-refractivity contribution in [3.63, 3.8) is 0 Å². The number of morpholine rings is 1. The molecule has 1 saturated heterocycles. The van der Waals surface area contributed by atoms with E-state index in [0.717, 1.165) is 10.9 Å². The van der Waals surface area contributed by atoms with Gasteiger partial charge >= 0.3 is 5.63 Å². The lowest BCUT2D eigenvalue weighted by atomic mass is 10.1. The fraction of sp³-hybridized carbons (Fsp3) is 0.333. The van der Waals surface area contributed by atoms with E-state index >= 15 is 0 Å². The fourth-order valence-electron chi connectivity index (χ4n) is 3.76. The van der Waals surface area contributed by atoms with Crippen LogP contribution >= 0.6 is 0 Å². The minimum absolute atomic E-state index is 0.140. The van der Waals surface area contributed by atoms with Crippen molar-refractivity contribution in [1.82, 2.24) is 4.31 Å². The number of nitrogens with zero attached hydrogens (tertiary/aromatic N) is 1. The van der Waals surface area contributed by atoms with Crippen LogP contribution < -0.4 is 15.7 Å². The molecule has 180 valence electrons. The Morgan fingerprint density at radius 2 is 1.79 bits per heavy atom. The summed E-state index contributed by atoms with van der Waals surface area (Å²) in [6.45, 7) is 6.37. The van der Waals surface area contributed by atoms with Crippen LogP contribution in [0.2, 0.25) is 0 Å². The number of nitrogens with one attached hydrogen (secondary N) is 1. The van der Waals surface area contributed by atoms with Crippen molar-refractivity contribution in [3.8, 4) is 5.75 Å². The summed E-state index contributed by atoms with van der Waals surface area (Å²) in [5.41, 5.74) is 1.62. The van der Waals surface area contributed by atoms with Crippen molar-refractivity contribution in [2.75, 3.05) is 31.6 Å². The third kappa shape index (κ3) is 4.98. The molecule has 1 fully saturated rings. The maximum Gasteiger partial charge on any atom is 0.336 e. The molecule has 0 aliphatic carbocycles. The summed E-state index contributed by atoms with van der Waals surface area (Å²) in [6.07, 6.45) is -0.894. The lowest BCUT2D eigenvalue weighted by Gasteiger charge is -2.27. The van der Waals surface area contributed by atoms with Gasteiger partial charge in [0, 0.05) is 36.3 Å². The lowest BCUT2D eigenvalue weighted by molar-refractivity contribution is -0.122. The maximum absolute atomic E-state index is 13.1. The Balaban J connectivity index is 1.50. The van der Waals surface area contributed by atoms with Gasteiger partial charge in [0.2, 0.25) is 10.0 Å². The molecule has 1 N–H and O–H groups in total. The van der Waals surface area contributed by atoms with Gasteiger partial charge in [-0.15, -0.1) is 0 Å². The van der Waals surface area contributed by atoms with Crippen LogP contribution in [0, 0.1) is 13.8 Å². The van der Waals surface area contributed by atoms with Gasteiger partial charge in [-0.05, 0) is 56.2 Å². The molecular formula is C24H26N2O7S. The summed E-state index contributed by atoms with van der Waals surface area (Å²) < 4.78 is 43.8. The first-order chi connectivity index (χ1) is 16.1. The molecular weight excluding hydrogens is 460 g/mol. The molecule has 2 heterocycles. The number of rotatable bonds is 6. The Labute approximate surface area is 197 Å². The molecule has 2 aromatic carbocycles. The zero-order chi connectivity index (χ0) is 24.5. The van der Waals surface area contributed by atoms with E-state index in [2.05, 4.69) is 5.32 Å². The van der Waals surface area contributed by atoms with E-state index in [1.54, 1.807) is 44.2 Å². The number of anilines is 1. The number of hydrogen-bond acceptors (Lipinski definition) is 7. The number of aryl methyl sites for hydroxylation is 2. The molecule has 1 atom stereocenters. The minimum atomic E-state index is -3.71. The SMILES string of the molecule is Cc1ccc(NC(=O)C(C)Oc2ccc3c(C)cc(=O)oc3c2)cc1S(=O)(=O)N1CCOCC1. The Bertz CT molecular complexity index is 1390. The minimum Gasteiger partial charge on any atom is -0.481 e. The van der Waals surface area contributed by atoms with Gasteiger partial charge in [0.25, 0.3) is 5.91 Å². The van der Waals surface area contributed by atoms with Crippen LogP contribution in [0.15, 0.2) is 56.6 Å². The number of benzene rings is 2. The summed E-state index contributed by atoms with van der Waals surface area (Å²) >= 11 is 0. The van der Waals surface area contributed by atoms with E-state index in [0.29, 0.717) is 35.8 Å². The van der Waals surface area contributed by atoms with Crippen molar-refractivity contribution >= 4 is 32.6 Å². The highest BCUT2D eigenvalue weighted by Crippen LogP contribution is 2.26. The second kappa shape index (κ2) is 9.57. The molecule has 1 aliphatic heterocycles. The standard InChI is InChI=1S/C24H26N2O7S/c1-15-4-5-18(13-22(15)34(29,30)26-8-10-31-11-9-26)25-24(28)17(3)32-19-6-7-20-16(2)12-23(27)33-21(20)14-19/h4-7,12-14,17H,8-11H2,1-3H3,(H,25,28). The number of fused-ring (bicyclic) bond motifs is 1. The van der Waals surface area contributed by atoms with Crippen molar-refractivity contribution in [1.29, 1.82) is 0 Å². The molecule has 0 spiro atoms. The fourth-order valence-corrected chi connectivity index (χ4v) is 5.42. The number of amides is 1. The van der Waals surface area contributed by atoms with Crippen LogP contribution in [-0.2, 0) is 19.6 Å². The van der Waals surface area contributed by atoms with Crippen molar-refractivity contribution in [2.45, 2.75) is 31.8 Å². The normalized spacial score (nSPS) is 15.7. The van der Waals surface area contributed by atoms with Crippen molar-refractivity contribution < 1.29 is 27.1 Å². The highest BCUT2D eigenvalue weighted by molar-refractivity contribution is 7.89. The van der Waals surface area contributed by atoms with Gasteiger partial charge in [0.15, 0.2) is 6.10 Å². The largest absolute Gasteiger partial charge is 0.481 e. The van der Waals surface area contributed by atoms with Crippen LogP contribution in [0.25, 0.3) is 11.0 Å². The first-order valence-electron chi connectivity index (χ1n) is 10.9.